The van der Waals surface area contributed by atoms with Crippen molar-refractivity contribution in [1.82, 2.24) is 20.1 Å². The maximum absolute atomic E-state index is 12.5. The Kier molecular flexibility index (Phi) is 8.38. The fourth-order valence-electron chi connectivity index (χ4n) is 6.62. The molecule has 2 aromatic heterocycles. The molecule has 0 amide bonds. The normalized spacial score (nSPS) is 16.8. The summed E-state index contributed by atoms with van der Waals surface area (Å²) in [7, 11) is 0. The molecule has 6 rings (SSSR count). The van der Waals surface area contributed by atoms with Gasteiger partial charge in [0.2, 0.25) is 0 Å². The van der Waals surface area contributed by atoms with Crippen molar-refractivity contribution in [3.8, 4) is 22.8 Å². The topological polar surface area (TPSA) is 78.3 Å². The molecule has 218 valence electrons. The standard InChI is InChI=1S/C35H40N4O3/c1-4-23-21-26(14-15-27(23)24-17-19-36-20-18-24)42-32-16-13-25-9-7-10-28(34(25)32)30-11-8-12-33(38-30)39-31(5-2)29(22-37-39)35(40)41-6-3/h7-12,14-15,21-22,24,32,36H,4-6,13,16-20H2,1-3H3/t32-/m0/s1. The van der Waals surface area contributed by atoms with Crippen LogP contribution in [0.2, 0.25) is 0 Å². The molecule has 3 heterocycles. The highest BCUT2D eigenvalue weighted by Gasteiger charge is 2.29. The lowest BCUT2D eigenvalue weighted by Gasteiger charge is -2.26. The van der Waals surface area contributed by atoms with Gasteiger partial charge in [-0.2, -0.15) is 5.10 Å². The van der Waals surface area contributed by atoms with Crippen molar-refractivity contribution in [3.05, 3.63) is 94.3 Å². The van der Waals surface area contributed by atoms with Crippen molar-refractivity contribution in [1.29, 1.82) is 0 Å². The summed E-state index contributed by atoms with van der Waals surface area (Å²) < 4.78 is 13.7. The van der Waals surface area contributed by atoms with Crippen molar-refractivity contribution < 1.29 is 14.3 Å². The molecule has 1 atom stereocenters. The van der Waals surface area contributed by atoms with Crippen molar-refractivity contribution in [2.75, 3.05) is 19.7 Å². The summed E-state index contributed by atoms with van der Waals surface area (Å²) in [6.07, 6.45) is 7.48. The number of esters is 1. The van der Waals surface area contributed by atoms with E-state index in [1.54, 1.807) is 17.8 Å². The summed E-state index contributed by atoms with van der Waals surface area (Å²) in [6.45, 7) is 8.57. The summed E-state index contributed by atoms with van der Waals surface area (Å²) in [5.74, 6) is 1.89. The van der Waals surface area contributed by atoms with Crippen LogP contribution in [0, 0.1) is 0 Å². The highest BCUT2D eigenvalue weighted by molar-refractivity contribution is 5.90. The van der Waals surface area contributed by atoms with Crippen molar-refractivity contribution in [2.24, 2.45) is 0 Å². The number of nitrogens with zero attached hydrogens (tertiary/aromatic N) is 3. The lowest BCUT2D eigenvalue weighted by Crippen LogP contribution is -2.27. The lowest BCUT2D eigenvalue weighted by molar-refractivity contribution is 0.0525. The second kappa shape index (κ2) is 12.5. The SMILES string of the molecule is CCOC(=O)c1cnn(-c2cccc(-c3cccc4c3[C@@H](Oc3ccc(C5CCNCC5)c(CC)c3)CC4)n2)c1CC. The molecular formula is C35H40N4O3. The number of rotatable bonds is 9. The first-order valence-electron chi connectivity index (χ1n) is 15.4. The molecule has 1 fully saturated rings. The molecule has 0 spiro atoms. The van der Waals surface area contributed by atoms with E-state index >= 15 is 0 Å². The molecule has 42 heavy (non-hydrogen) atoms. The first-order valence-corrected chi connectivity index (χ1v) is 15.4. The zero-order chi connectivity index (χ0) is 29.1. The summed E-state index contributed by atoms with van der Waals surface area (Å²) in [6, 6.07) is 19.2. The molecule has 4 aromatic rings. The van der Waals surface area contributed by atoms with E-state index in [0.717, 1.165) is 55.1 Å². The van der Waals surface area contributed by atoms with Gasteiger partial charge >= 0.3 is 5.97 Å². The van der Waals surface area contributed by atoms with Gasteiger partial charge in [0.25, 0.3) is 0 Å². The third-order valence-electron chi connectivity index (χ3n) is 8.67. The van der Waals surface area contributed by atoms with Gasteiger partial charge < -0.3 is 14.8 Å². The number of carbonyl (C=O) groups excluding carboxylic acids is 1. The number of ether oxygens (including phenoxy) is 2. The second-order valence-electron chi connectivity index (χ2n) is 11.1. The fraction of sp³-hybridized carbons (Fsp3) is 0.400. The van der Waals surface area contributed by atoms with Crippen LogP contribution in [-0.4, -0.2) is 40.4 Å². The predicted octanol–water partition coefficient (Wildman–Crippen LogP) is 6.77. The number of fused-ring (bicyclic) bond motifs is 1. The molecule has 1 aliphatic heterocycles. The number of hydrogen-bond acceptors (Lipinski definition) is 6. The number of nitrogens with one attached hydrogen (secondary N) is 1. The Bertz CT molecular complexity index is 1570. The number of hydrogen-bond donors (Lipinski definition) is 1. The van der Waals surface area contributed by atoms with E-state index < -0.39 is 0 Å². The van der Waals surface area contributed by atoms with Crippen LogP contribution < -0.4 is 10.1 Å². The quantitative estimate of drug-likeness (QED) is 0.226. The van der Waals surface area contributed by atoms with Gasteiger partial charge in [-0.3, -0.25) is 0 Å². The van der Waals surface area contributed by atoms with E-state index in [9.17, 15) is 4.79 Å². The summed E-state index contributed by atoms with van der Waals surface area (Å²) in [5, 5.41) is 8.01. The van der Waals surface area contributed by atoms with Crippen LogP contribution in [0.3, 0.4) is 0 Å². The minimum atomic E-state index is -0.354. The van der Waals surface area contributed by atoms with Gasteiger partial charge in [0.05, 0.1) is 24.2 Å². The van der Waals surface area contributed by atoms with E-state index in [0.29, 0.717) is 30.3 Å². The van der Waals surface area contributed by atoms with Crippen LogP contribution >= 0.6 is 0 Å². The molecule has 1 N–H and O–H groups in total. The summed E-state index contributed by atoms with van der Waals surface area (Å²) in [4.78, 5) is 17.5. The zero-order valence-electron chi connectivity index (χ0n) is 24.9. The molecule has 1 aliphatic carbocycles. The monoisotopic (exact) mass is 564 g/mol. The Balaban J connectivity index is 1.30. The average Bonchev–Trinajstić information content (AvgIpc) is 3.66. The zero-order valence-corrected chi connectivity index (χ0v) is 24.9. The maximum Gasteiger partial charge on any atom is 0.341 e. The van der Waals surface area contributed by atoms with Crippen molar-refractivity contribution in [2.45, 2.75) is 71.3 Å². The van der Waals surface area contributed by atoms with Gasteiger partial charge in [0.15, 0.2) is 5.82 Å². The molecule has 0 radical (unpaired) electrons. The molecule has 7 nitrogen and oxygen atoms in total. The number of piperidine rings is 1. The Hall–Kier alpha value is -3.97. The van der Waals surface area contributed by atoms with E-state index in [2.05, 4.69) is 53.7 Å². The third-order valence-corrected chi connectivity index (χ3v) is 8.67. The van der Waals surface area contributed by atoms with Crippen LogP contribution in [-0.2, 0) is 24.0 Å². The summed E-state index contributed by atoms with van der Waals surface area (Å²) in [5.41, 5.74) is 8.62. The molecule has 0 unspecified atom stereocenters. The van der Waals surface area contributed by atoms with Crippen LogP contribution in [0.5, 0.6) is 5.75 Å². The van der Waals surface area contributed by atoms with Gasteiger partial charge in [-0.25, -0.2) is 14.5 Å². The molecule has 0 bridgehead atoms. The number of benzene rings is 2. The maximum atomic E-state index is 12.5. The van der Waals surface area contributed by atoms with Gasteiger partial charge in [-0.05, 0) is 105 Å². The smallest absolute Gasteiger partial charge is 0.341 e. The Morgan fingerprint density at radius 2 is 1.83 bits per heavy atom. The van der Waals surface area contributed by atoms with E-state index in [1.165, 1.54) is 35.1 Å². The number of pyridine rings is 1. The fourth-order valence-corrected chi connectivity index (χ4v) is 6.62. The van der Waals surface area contributed by atoms with Gasteiger partial charge in [-0.1, -0.05) is 44.2 Å². The Morgan fingerprint density at radius 1 is 1.00 bits per heavy atom. The molecule has 2 aliphatic rings. The highest BCUT2D eigenvalue weighted by atomic mass is 16.5. The number of aromatic nitrogens is 3. The van der Waals surface area contributed by atoms with Crippen LogP contribution in [0.25, 0.3) is 17.1 Å². The molecule has 1 saturated heterocycles. The highest BCUT2D eigenvalue weighted by Crippen LogP contribution is 2.41. The van der Waals surface area contributed by atoms with E-state index in [-0.39, 0.29) is 12.1 Å². The first kappa shape index (κ1) is 28.2. The van der Waals surface area contributed by atoms with Gasteiger partial charge in [0.1, 0.15) is 17.4 Å². The molecule has 7 heteroatoms. The molecular weight excluding hydrogens is 524 g/mol. The van der Waals surface area contributed by atoms with Crippen LogP contribution in [0.1, 0.15) is 90.4 Å². The predicted molar refractivity (Wildman–Crippen MR) is 164 cm³/mol. The molecule has 2 aromatic carbocycles. The van der Waals surface area contributed by atoms with Crippen LogP contribution in [0.15, 0.2) is 60.8 Å². The minimum absolute atomic E-state index is 0.0394. The second-order valence-corrected chi connectivity index (χ2v) is 11.1. The average molecular weight is 565 g/mol. The first-order chi connectivity index (χ1) is 20.6. The van der Waals surface area contributed by atoms with Crippen molar-refractivity contribution >= 4 is 5.97 Å². The summed E-state index contributed by atoms with van der Waals surface area (Å²) >= 11 is 0. The Morgan fingerprint density at radius 3 is 2.62 bits per heavy atom. The van der Waals surface area contributed by atoms with E-state index in [4.69, 9.17) is 14.5 Å². The van der Waals surface area contributed by atoms with Crippen LogP contribution in [0.4, 0.5) is 0 Å². The largest absolute Gasteiger partial charge is 0.486 e. The lowest BCUT2D eigenvalue weighted by atomic mass is 9.86. The Labute approximate surface area is 248 Å². The molecule has 0 saturated carbocycles. The third kappa shape index (κ3) is 5.45. The van der Waals surface area contributed by atoms with Crippen molar-refractivity contribution in [3.63, 3.8) is 0 Å². The minimum Gasteiger partial charge on any atom is -0.486 e. The van der Waals surface area contributed by atoms with E-state index in [1.807, 2.05) is 25.1 Å². The van der Waals surface area contributed by atoms with Gasteiger partial charge in [-0.15, -0.1) is 0 Å². The number of aryl methyl sites for hydroxylation is 2. The van der Waals surface area contributed by atoms with Gasteiger partial charge in [0, 0.05) is 11.1 Å². The number of carbonyl (C=O) groups is 1.